The summed E-state index contributed by atoms with van der Waals surface area (Å²) >= 11 is 3.18. The second kappa shape index (κ2) is 2.62. The van der Waals surface area contributed by atoms with Crippen molar-refractivity contribution in [2.45, 2.75) is 20.4 Å². The predicted molar refractivity (Wildman–Crippen MR) is 43.2 cm³/mol. The molecule has 1 aromatic heterocycles. The van der Waals surface area contributed by atoms with Gasteiger partial charge in [-0.15, -0.1) is 0 Å². The molecule has 1 rings (SSSR count). The lowest BCUT2D eigenvalue weighted by molar-refractivity contribution is 0.633. The van der Waals surface area contributed by atoms with Crippen LogP contribution >= 0.6 is 15.9 Å². The van der Waals surface area contributed by atoms with Crippen molar-refractivity contribution in [2.24, 2.45) is 0 Å². The van der Waals surface area contributed by atoms with Gasteiger partial charge in [-0.25, -0.2) is 0 Å². The van der Waals surface area contributed by atoms with Gasteiger partial charge < -0.3 is 0 Å². The monoisotopic (exact) mass is 204 g/mol. The van der Waals surface area contributed by atoms with E-state index in [0.717, 1.165) is 12.2 Å². The minimum absolute atomic E-state index is 0.0562. The summed E-state index contributed by atoms with van der Waals surface area (Å²) in [6, 6.07) is 0. The number of aromatic amines is 1. The molecule has 0 saturated heterocycles. The van der Waals surface area contributed by atoms with Crippen LogP contribution in [0.15, 0.2) is 9.27 Å². The Bertz CT molecular complexity index is 286. The van der Waals surface area contributed by atoms with E-state index in [4.69, 9.17) is 0 Å². The zero-order valence-electron chi connectivity index (χ0n) is 5.94. The molecule has 0 saturated carbocycles. The maximum Gasteiger partial charge on any atom is 0.278 e. The molecule has 0 aliphatic rings. The zero-order chi connectivity index (χ0) is 7.72. The Kier molecular flexibility index (Phi) is 1.99. The third-order valence-corrected chi connectivity index (χ3v) is 2.41. The van der Waals surface area contributed by atoms with E-state index in [-0.39, 0.29) is 5.56 Å². The van der Waals surface area contributed by atoms with E-state index in [1.807, 2.05) is 13.8 Å². The van der Waals surface area contributed by atoms with Crippen LogP contribution in [0.25, 0.3) is 0 Å². The molecule has 1 N–H and O–H groups in total. The summed E-state index contributed by atoms with van der Waals surface area (Å²) in [6.07, 6.45) is 0. The number of H-pyrrole nitrogens is 1. The van der Waals surface area contributed by atoms with Gasteiger partial charge in [0.15, 0.2) is 0 Å². The first-order valence-corrected chi connectivity index (χ1v) is 3.91. The molecule has 0 amide bonds. The molecule has 0 unspecified atom stereocenters. The smallest absolute Gasteiger partial charge is 0.278 e. The molecule has 0 fully saturated rings. The lowest BCUT2D eigenvalue weighted by Gasteiger charge is -1.97. The van der Waals surface area contributed by atoms with Crippen molar-refractivity contribution in [1.29, 1.82) is 0 Å². The van der Waals surface area contributed by atoms with Crippen LogP contribution in [0.3, 0.4) is 0 Å². The van der Waals surface area contributed by atoms with Gasteiger partial charge in [-0.1, -0.05) is 0 Å². The fraction of sp³-hybridized carbons (Fsp3) is 0.500. The van der Waals surface area contributed by atoms with Crippen molar-refractivity contribution < 1.29 is 0 Å². The molecule has 0 aromatic carbocycles. The Labute approximate surface area is 67.2 Å². The molecular weight excluding hydrogens is 196 g/mol. The van der Waals surface area contributed by atoms with Crippen molar-refractivity contribution in [2.75, 3.05) is 0 Å². The first-order valence-electron chi connectivity index (χ1n) is 3.11. The zero-order valence-corrected chi connectivity index (χ0v) is 7.53. The summed E-state index contributed by atoms with van der Waals surface area (Å²) < 4.78 is 2.43. The summed E-state index contributed by atoms with van der Waals surface area (Å²) in [5, 5.41) is 2.68. The van der Waals surface area contributed by atoms with E-state index >= 15 is 0 Å². The fourth-order valence-corrected chi connectivity index (χ4v) is 1.16. The highest BCUT2D eigenvalue weighted by molar-refractivity contribution is 9.10. The molecule has 0 aliphatic carbocycles. The Hall–Kier alpha value is -0.510. The van der Waals surface area contributed by atoms with Gasteiger partial charge in [-0.05, 0) is 29.8 Å². The number of aromatic nitrogens is 2. The minimum atomic E-state index is -0.0562. The Morgan fingerprint density at radius 2 is 2.30 bits per heavy atom. The maximum absolute atomic E-state index is 10.9. The molecule has 1 heterocycles. The predicted octanol–water partition coefficient (Wildman–Crippen LogP) is 1.27. The van der Waals surface area contributed by atoms with Crippen molar-refractivity contribution >= 4 is 15.9 Å². The van der Waals surface area contributed by atoms with Gasteiger partial charge in [-0.3, -0.25) is 14.6 Å². The van der Waals surface area contributed by atoms with E-state index in [1.54, 1.807) is 4.68 Å². The summed E-state index contributed by atoms with van der Waals surface area (Å²) in [6.45, 7) is 4.67. The molecule has 0 bridgehead atoms. The molecular formula is C6H9BrN2O. The van der Waals surface area contributed by atoms with Crippen LogP contribution in [0, 0.1) is 6.92 Å². The van der Waals surface area contributed by atoms with E-state index in [1.165, 1.54) is 0 Å². The number of nitrogens with one attached hydrogen (secondary N) is 1. The van der Waals surface area contributed by atoms with Gasteiger partial charge in [-0.2, -0.15) is 0 Å². The van der Waals surface area contributed by atoms with Gasteiger partial charge in [0.2, 0.25) is 0 Å². The summed E-state index contributed by atoms with van der Waals surface area (Å²) in [7, 11) is 0. The molecule has 4 heteroatoms. The average Bonchev–Trinajstić information content (AvgIpc) is 2.17. The van der Waals surface area contributed by atoms with Gasteiger partial charge >= 0.3 is 0 Å². The van der Waals surface area contributed by atoms with Gasteiger partial charge in [0.25, 0.3) is 5.56 Å². The van der Waals surface area contributed by atoms with E-state index in [0.29, 0.717) is 4.47 Å². The van der Waals surface area contributed by atoms with Gasteiger partial charge in [0.05, 0.1) is 5.69 Å². The quantitative estimate of drug-likeness (QED) is 0.736. The van der Waals surface area contributed by atoms with Crippen LogP contribution in [-0.4, -0.2) is 9.78 Å². The third kappa shape index (κ3) is 1.03. The molecule has 1 aromatic rings. The molecule has 56 valence electrons. The number of hydrogen-bond donors (Lipinski definition) is 1. The van der Waals surface area contributed by atoms with Crippen molar-refractivity contribution in [3.05, 3.63) is 20.5 Å². The highest BCUT2D eigenvalue weighted by Crippen LogP contribution is 2.08. The summed E-state index contributed by atoms with van der Waals surface area (Å²) in [5.74, 6) is 0. The largest absolute Gasteiger partial charge is 0.289 e. The summed E-state index contributed by atoms with van der Waals surface area (Å²) in [5.41, 5.74) is 0.895. The molecule has 3 nitrogen and oxygen atoms in total. The van der Waals surface area contributed by atoms with Crippen LogP contribution in [0.5, 0.6) is 0 Å². The van der Waals surface area contributed by atoms with Gasteiger partial charge in [0, 0.05) is 6.54 Å². The number of hydrogen-bond acceptors (Lipinski definition) is 1. The standard InChI is InChI=1S/C6H9BrN2O/c1-3-9-4(2)5(7)6(10)8-9/h3H2,1-2H3,(H,8,10). The Morgan fingerprint density at radius 1 is 1.70 bits per heavy atom. The SMILES string of the molecule is CCn1[nH]c(=O)c(Br)c1C. The second-order valence-corrected chi connectivity index (χ2v) is 2.88. The first kappa shape index (κ1) is 7.60. The van der Waals surface area contributed by atoms with Crippen LogP contribution in [0.2, 0.25) is 0 Å². The third-order valence-electron chi connectivity index (χ3n) is 1.47. The molecule has 10 heavy (non-hydrogen) atoms. The fourth-order valence-electron chi connectivity index (χ4n) is 0.855. The maximum atomic E-state index is 10.9. The number of halogens is 1. The van der Waals surface area contributed by atoms with Crippen LogP contribution in [0.1, 0.15) is 12.6 Å². The van der Waals surface area contributed by atoms with E-state index < -0.39 is 0 Å². The average molecular weight is 205 g/mol. The van der Waals surface area contributed by atoms with Crippen molar-refractivity contribution in [1.82, 2.24) is 9.78 Å². The highest BCUT2D eigenvalue weighted by atomic mass is 79.9. The van der Waals surface area contributed by atoms with Crippen LogP contribution < -0.4 is 5.56 Å². The molecule has 0 radical (unpaired) electrons. The Morgan fingerprint density at radius 3 is 2.50 bits per heavy atom. The van der Waals surface area contributed by atoms with Gasteiger partial charge in [0.1, 0.15) is 4.47 Å². The Balaban J connectivity index is 3.31. The summed E-state index contributed by atoms with van der Waals surface area (Å²) in [4.78, 5) is 10.9. The van der Waals surface area contributed by atoms with Crippen molar-refractivity contribution in [3.63, 3.8) is 0 Å². The molecule has 0 atom stereocenters. The lowest BCUT2D eigenvalue weighted by Crippen LogP contribution is -2.04. The number of nitrogens with zero attached hydrogens (tertiary/aromatic N) is 1. The highest BCUT2D eigenvalue weighted by Gasteiger charge is 2.04. The molecule has 0 aliphatic heterocycles. The lowest BCUT2D eigenvalue weighted by atomic mass is 10.5. The second-order valence-electron chi connectivity index (χ2n) is 2.08. The van der Waals surface area contributed by atoms with Crippen molar-refractivity contribution in [3.8, 4) is 0 Å². The van der Waals surface area contributed by atoms with E-state index in [2.05, 4.69) is 21.0 Å². The van der Waals surface area contributed by atoms with E-state index in [9.17, 15) is 4.79 Å². The number of rotatable bonds is 1. The normalized spacial score (nSPS) is 10.3. The first-order chi connectivity index (χ1) is 4.66. The number of aryl methyl sites for hydroxylation is 1. The van der Waals surface area contributed by atoms with Crippen LogP contribution in [-0.2, 0) is 6.54 Å². The molecule has 0 spiro atoms. The topological polar surface area (TPSA) is 37.8 Å². The van der Waals surface area contributed by atoms with Crippen LogP contribution in [0.4, 0.5) is 0 Å². The minimum Gasteiger partial charge on any atom is -0.289 e.